The van der Waals surface area contributed by atoms with Crippen molar-refractivity contribution < 1.29 is 0 Å². The fourth-order valence-electron chi connectivity index (χ4n) is 8.36. The Labute approximate surface area is 290 Å². The summed E-state index contributed by atoms with van der Waals surface area (Å²) < 4.78 is 0. The molecule has 0 bridgehead atoms. The first kappa shape index (κ1) is 29.6. The fraction of sp³-hybridized carbons (Fsp3) is 0.0833. The van der Waals surface area contributed by atoms with Crippen LogP contribution in [0.4, 0.5) is 0 Å². The molecule has 8 aromatic rings. The van der Waals surface area contributed by atoms with E-state index >= 15 is 0 Å². The summed E-state index contributed by atoms with van der Waals surface area (Å²) in [5.74, 6) is 0. The first-order valence-corrected chi connectivity index (χ1v) is 20.4. The van der Waals surface area contributed by atoms with Gasteiger partial charge in [0.05, 0.1) is 0 Å². The Bertz CT molecular complexity index is 2570. The molecule has 0 spiro atoms. The predicted molar refractivity (Wildman–Crippen MR) is 215 cm³/mol. The number of aryl methyl sites for hydroxylation is 2. The zero-order valence-corrected chi connectivity index (χ0v) is 29.5. The topological polar surface area (TPSA) is 0 Å². The van der Waals surface area contributed by atoms with Crippen LogP contribution in [-0.4, -0.2) is 8.07 Å². The van der Waals surface area contributed by atoms with Crippen molar-refractivity contribution in [2.24, 2.45) is 0 Å². The third-order valence-corrected chi connectivity index (χ3v) is 14.5. The first-order chi connectivity index (χ1) is 23.9. The van der Waals surface area contributed by atoms with Gasteiger partial charge in [-0.2, -0.15) is 23.5 Å². The minimum absolute atomic E-state index is 1.24. The van der Waals surface area contributed by atoms with Crippen molar-refractivity contribution in [3.8, 4) is 55.6 Å². The minimum atomic E-state index is -2.04. The van der Waals surface area contributed by atoms with Gasteiger partial charge in [0.2, 0.25) is 0 Å². The molecule has 0 saturated carbocycles. The molecule has 1 aliphatic heterocycles. The molecule has 0 nitrogen and oxygen atoms in total. The minimum Gasteiger partial charge on any atom is -0.172 e. The molecule has 0 unspecified atom stereocenters. The van der Waals surface area contributed by atoms with E-state index in [9.17, 15) is 0 Å². The van der Waals surface area contributed by atoms with E-state index < -0.39 is 8.07 Å². The first-order valence-electron chi connectivity index (χ1n) is 17.4. The number of hydrogen-bond donors (Lipinski definition) is 0. The molecule has 0 atom stereocenters. The molecule has 0 aromatic heterocycles. The highest BCUT2D eigenvalue weighted by Gasteiger charge is 2.29. The quantitative estimate of drug-likeness (QED) is 0.132. The van der Waals surface area contributed by atoms with Gasteiger partial charge >= 0.3 is 0 Å². The Kier molecular flexibility index (Phi) is 6.83. The lowest BCUT2D eigenvalue weighted by Crippen LogP contribution is -2.49. The van der Waals surface area contributed by atoms with Crippen LogP contribution in [0.1, 0.15) is 11.1 Å². The van der Waals surface area contributed by atoms with Crippen LogP contribution >= 0.6 is 0 Å². The van der Waals surface area contributed by atoms with E-state index in [-0.39, 0.29) is 0 Å². The molecule has 0 saturated heterocycles. The van der Waals surface area contributed by atoms with Crippen LogP contribution in [0.2, 0.25) is 13.1 Å². The average Bonchev–Trinajstić information content (AvgIpc) is 3.36. The van der Waals surface area contributed by atoms with E-state index in [1.54, 1.807) is 0 Å². The molecule has 0 amide bonds. The van der Waals surface area contributed by atoms with Gasteiger partial charge in [-0.1, -0.05) is 165 Å². The molecule has 1 heterocycles. The summed E-state index contributed by atoms with van der Waals surface area (Å²) in [6.07, 6.45) is 0. The largest absolute Gasteiger partial charge is 0.172 e. The molecule has 9 rings (SSSR count). The Hall–Kier alpha value is -5.50. The van der Waals surface area contributed by atoms with Crippen molar-refractivity contribution >= 4 is 40.0 Å². The fourth-order valence-corrected chi connectivity index (χ4v) is 11.4. The van der Waals surface area contributed by atoms with Gasteiger partial charge in [0, 0.05) is 0 Å². The Morgan fingerprint density at radius 3 is 1.41 bits per heavy atom. The van der Waals surface area contributed by atoms with Crippen molar-refractivity contribution in [2.45, 2.75) is 26.9 Å². The van der Waals surface area contributed by atoms with Gasteiger partial charge < -0.3 is 0 Å². The average molecular weight is 643 g/mol. The second-order valence-corrected chi connectivity index (χ2v) is 18.5. The summed E-state index contributed by atoms with van der Waals surface area (Å²) >= 11 is 0. The van der Waals surface area contributed by atoms with E-state index in [1.165, 1.54) is 98.7 Å². The Balaban J connectivity index is 1.43. The van der Waals surface area contributed by atoms with Gasteiger partial charge in [0.15, 0.2) is 0 Å². The lowest BCUT2D eigenvalue weighted by atomic mass is 9.82. The summed E-state index contributed by atoms with van der Waals surface area (Å²) in [7, 11) is -2.04. The number of benzene rings is 8. The van der Waals surface area contributed by atoms with Gasteiger partial charge in [0.25, 0.3) is 0 Å². The lowest BCUT2D eigenvalue weighted by molar-refractivity contribution is 1.47. The highest BCUT2D eigenvalue weighted by molar-refractivity contribution is 7.04. The molecule has 0 fully saturated rings. The maximum absolute atomic E-state index is 2.61. The predicted octanol–water partition coefficient (Wildman–Crippen LogP) is 12.1. The Morgan fingerprint density at radius 2 is 0.796 bits per heavy atom. The number of fused-ring (bicyclic) bond motifs is 5. The third kappa shape index (κ3) is 4.64. The van der Waals surface area contributed by atoms with Crippen LogP contribution in [0.25, 0.3) is 77.2 Å². The van der Waals surface area contributed by atoms with Crippen molar-refractivity contribution in [1.82, 2.24) is 0 Å². The zero-order valence-electron chi connectivity index (χ0n) is 28.5. The Morgan fingerprint density at radius 1 is 0.327 bits per heavy atom. The molecular weight excluding hydrogens is 605 g/mol. The second-order valence-electron chi connectivity index (χ2n) is 14.2. The van der Waals surface area contributed by atoms with Crippen molar-refractivity contribution in [3.05, 3.63) is 169 Å². The smallest absolute Gasteiger partial charge is 0.00235 e. The standard InChI is InChI=1S/C48H38Si/c1-31-15-11-13-21-37(31)47-40-26-24-35(33-17-7-5-8-18-33)27-42(40)48(38-22-14-12-16-32(38)2)44-30-46-41(29-43(44)47)39-25-23-36(28-45(39)49(46,3)4)34-19-9-6-10-20-34/h5-30H,1-4H3/q-1. The highest BCUT2D eigenvalue weighted by Crippen LogP contribution is 2.47. The van der Waals surface area contributed by atoms with E-state index in [0.29, 0.717) is 0 Å². The van der Waals surface area contributed by atoms with Crippen LogP contribution in [0, 0.1) is 13.8 Å². The highest BCUT2D eigenvalue weighted by atomic mass is 28.3. The molecule has 1 heteroatoms. The lowest BCUT2D eigenvalue weighted by Gasteiger charge is -2.33. The molecular formula is C48H38Si-. The third-order valence-electron chi connectivity index (χ3n) is 11.0. The maximum atomic E-state index is 2.61. The van der Waals surface area contributed by atoms with Crippen molar-refractivity contribution in [1.29, 1.82) is 0 Å². The summed E-state index contributed by atoms with van der Waals surface area (Å²) in [6.45, 7) is 9.60. The number of rotatable bonds is 4. The van der Waals surface area contributed by atoms with E-state index in [2.05, 4.69) is 185 Å². The van der Waals surface area contributed by atoms with Gasteiger partial charge in [0.1, 0.15) is 0 Å². The SMILES string of the molecule is Cc1ccccc1-c1c2ccc(-c3ccccc3)cc2c(-c2ccccc2C)c2cc3c(cc12)-c1ccc(-c2ccccc2)cc1[Si-]3(C)C. The molecule has 1 aliphatic rings. The monoisotopic (exact) mass is 642 g/mol. The zero-order chi connectivity index (χ0) is 33.3. The summed E-state index contributed by atoms with van der Waals surface area (Å²) in [4.78, 5) is 0. The molecule has 0 aliphatic carbocycles. The molecule has 8 aromatic carbocycles. The van der Waals surface area contributed by atoms with Crippen LogP contribution in [0.3, 0.4) is 0 Å². The normalized spacial score (nSPS) is 13.1. The summed E-state index contributed by atoms with van der Waals surface area (Å²) in [5.41, 5.74) is 15.7. The second kappa shape index (κ2) is 11.3. The van der Waals surface area contributed by atoms with Crippen molar-refractivity contribution in [2.75, 3.05) is 0 Å². The summed E-state index contributed by atoms with van der Waals surface area (Å²) in [5, 5.41) is 8.35. The van der Waals surface area contributed by atoms with Gasteiger partial charge in [-0.25, -0.2) is 0 Å². The van der Waals surface area contributed by atoms with E-state index in [0.717, 1.165) is 0 Å². The maximum Gasteiger partial charge on any atom is -0.00235 e. The molecule has 0 radical (unpaired) electrons. The molecule has 0 N–H and O–H groups in total. The van der Waals surface area contributed by atoms with Gasteiger partial charge in [-0.3, -0.25) is 0 Å². The summed E-state index contributed by atoms with van der Waals surface area (Å²) in [6, 6.07) is 59.0. The molecule has 49 heavy (non-hydrogen) atoms. The van der Waals surface area contributed by atoms with Gasteiger partial charge in [-0.15, -0.1) is 0 Å². The van der Waals surface area contributed by atoms with Crippen LogP contribution in [0.5, 0.6) is 0 Å². The van der Waals surface area contributed by atoms with E-state index in [1.807, 2.05) is 0 Å². The van der Waals surface area contributed by atoms with Crippen molar-refractivity contribution in [3.63, 3.8) is 0 Å². The van der Waals surface area contributed by atoms with Crippen LogP contribution in [-0.2, 0) is 0 Å². The molecule has 235 valence electrons. The van der Waals surface area contributed by atoms with E-state index in [4.69, 9.17) is 0 Å². The van der Waals surface area contributed by atoms with Crippen LogP contribution < -0.4 is 10.4 Å². The van der Waals surface area contributed by atoms with Crippen LogP contribution in [0.15, 0.2) is 158 Å². The van der Waals surface area contributed by atoms with Gasteiger partial charge in [-0.05, 0) is 103 Å². The number of hydrogen-bond acceptors (Lipinski definition) is 0.